The fourth-order valence-corrected chi connectivity index (χ4v) is 6.31. The van der Waals surface area contributed by atoms with E-state index in [1.54, 1.807) is 55.6 Å². The maximum absolute atomic E-state index is 14.0. The number of sulfone groups is 1. The van der Waals surface area contributed by atoms with E-state index in [1.165, 1.54) is 11.8 Å². The summed E-state index contributed by atoms with van der Waals surface area (Å²) in [7, 11) is -2.23. The fourth-order valence-electron chi connectivity index (χ4n) is 3.30. The molecular formula is C27H22O3S2. The first kappa shape index (κ1) is 21.9. The lowest BCUT2D eigenvalue weighted by Crippen LogP contribution is -2.06. The Morgan fingerprint density at radius 1 is 0.656 bits per heavy atom. The van der Waals surface area contributed by atoms with Crippen LogP contribution in [0.25, 0.3) is 9.81 Å². The van der Waals surface area contributed by atoms with Crippen molar-refractivity contribution in [1.29, 1.82) is 0 Å². The van der Waals surface area contributed by atoms with Crippen LogP contribution >= 0.6 is 11.8 Å². The van der Waals surface area contributed by atoms with Crippen molar-refractivity contribution in [3.05, 3.63) is 126 Å². The molecule has 0 atom stereocenters. The lowest BCUT2D eigenvalue weighted by atomic mass is 10.1. The molecule has 4 aromatic rings. The van der Waals surface area contributed by atoms with E-state index in [0.29, 0.717) is 16.2 Å². The predicted octanol–water partition coefficient (Wildman–Crippen LogP) is 6.79. The van der Waals surface area contributed by atoms with Gasteiger partial charge >= 0.3 is 0 Å². The highest BCUT2D eigenvalue weighted by Gasteiger charge is 2.27. The number of hydrogen-bond donors (Lipinski definition) is 0. The Bertz CT molecular complexity index is 1300. The van der Waals surface area contributed by atoms with E-state index in [-0.39, 0.29) is 9.80 Å². The van der Waals surface area contributed by atoms with E-state index >= 15 is 0 Å². The monoisotopic (exact) mass is 458 g/mol. The van der Waals surface area contributed by atoms with Crippen molar-refractivity contribution in [1.82, 2.24) is 0 Å². The van der Waals surface area contributed by atoms with Gasteiger partial charge in [0.2, 0.25) is 9.84 Å². The third-order valence-corrected chi connectivity index (χ3v) is 8.03. The van der Waals surface area contributed by atoms with Crippen molar-refractivity contribution in [3.8, 4) is 5.75 Å². The summed E-state index contributed by atoms with van der Waals surface area (Å²) in [5.74, 6) is 0.669. The molecule has 0 amide bonds. The van der Waals surface area contributed by atoms with Crippen LogP contribution in [0.15, 0.2) is 125 Å². The zero-order valence-electron chi connectivity index (χ0n) is 17.5. The van der Waals surface area contributed by atoms with Crippen LogP contribution in [0.4, 0.5) is 0 Å². The normalized spacial score (nSPS) is 12.2. The van der Waals surface area contributed by atoms with E-state index in [1.807, 2.05) is 66.7 Å². The number of ether oxygens (including phenoxy) is 1. The molecule has 0 aliphatic heterocycles. The van der Waals surface area contributed by atoms with Crippen molar-refractivity contribution >= 4 is 31.4 Å². The first-order valence-corrected chi connectivity index (χ1v) is 12.4. The third kappa shape index (κ3) is 4.79. The summed E-state index contributed by atoms with van der Waals surface area (Å²) in [6.45, 7) is 0. The van der Waals surface area contributed by atoms with Crippen molar-refractivity contribution < 1.29 is 13.2 Å². The molecule has 4 aromatic carbocycles. The molecule has 32 heavy (non-hydrogen) atoms. The molecule has 5 heteroatoms. The van der Waals surface area contributed by atoms with E-state index < -0.39 is 9.84 Å². The van der Waals surface area contributed by atoms with Crippen LogP contribution in [0.5, 0.6) is 5.75 Å². The van der Waals surface area contributed by atoms with Gasteiger partial charge in [-0.1, -0.05) is 78.5 Å². The van der Waals surface area contributed by atoms with Crippen molar-refractivity contribution in [2.24, 2.45) is 0 Å². The Kier molecular flexibility index (Phi) is 6.78. The van der Waals surface area contributed by atoms with Crippen molar-refractivity contribution in [2.75, 3.05) is 7.11 Å². The largest absolute Gasteiger partial charge is 0.497 e. The van der Waals surface area contributed by atoms with E-state index in [9.17, 15) is 8.42 Å². The van der Waals surface area contributed by atoms with Gasteiger partial charge in [0, 0.05) is 9.80 Å². The van der Waals surface area contributed by atoms with E-state index in [4.69, 9.17) is 4.74 Å². The first-order chi connectivity index (χ1) is 15.6. The molecule has 0 aromatic heterocycles. The highest BCUT2D eigenvalue weighted by molar-refractivity contribution is 8.11. The fraction of sp³-hybridized carbons (Fsp3) is 0.0370. The minimum Gasteiger partial charge on any atom is -0.497 e. The summed E-state index contributed by atoms with van der Waals surface area (Å²) in [6, 6.07) is 35.2. The minimum atomic E-state index is -3.82. The average Bonchev–Trinajstić information content (AvgIpc) is 2.85. The van der Waals surface area contributed by atoms with Gasteiger partial charge in [-0.3, -0.25) is 0 Å². The second-order valence-electron chi connectivity index (χ2n) is 6.98. The summed E-state index contributed by atoms with van der Waals surface area (Å²) in [5.41, 5.74) is 1.45. The van der Waals surface area contributed by atoms with Gasteiger partial charge in [-0.25, -0.2) is 8.42 Å². The van der Waals surface area contributed by atoms with Gasteiger partial charge in [0.15, 0.2) is 0 Å². The summed E-state index contributed by atoms with van der Waals surface area (Å²) < 4.78 is 33.3. The van der Waals surface area contributed by atoms with Crippen LogP contribution in [-0.2, 0) is 9.84 Å². The maximum Gasteiger partial charge on any atom is 0.208 e. The highest BCUT2D eigenvalue weighted by Crippen LogP contribution is 2.44. The molecule has 0 fully saturated rings. The summed E-state index contributed by atoms with van der Waals surface area (Å²) in [4.78, 5) is 2.16. The van der Waals surface area contributed by atoms with Crippen LogP contribution in [0.1, 0.15) is 11.1 Å². The Hall–Kier alpha value is -3.28. The van der Waals surface area contributed by atoms with Crippen LogP contribution in [-0.4, -0.2) is 15.5 Å². The minimum absolute atomic E-state index is 0.257. The molecule has 0 N–H and O–H groups in total. The Labute approximate surface area is 193 Å². The second kappa shape index (κ2) is 9.90. The number of thioether (sulfide) groups is 1. The molecular weight excluding hydrogens is 436 g/mol. The van der Waals surface area contributed by atoms with Crippen molar-refractivity contribution in [2.45, 2.75) is 9.79 Å². The predicted molar refractivity (Wildman–Crippen MR) is 132 cm³/mol. The molecule has 0 radical (unpaired) electrons. The van der Waals surface area contributed by atoms with Gasteiger partial charge in [0.05, 0.1) is 16.9 Å². The van der Waals surface area contributed by atoms with Gasteiger partial charge < -0.3 is 4.74 Å². The van der Waals surface area contributed by atoms with Crippen LogP contribution in [0.2, 0.25) is 0 Å². The first-order valence-electron chi connectivity index (χ1n) is 10.1. The van der Waals surface area contributed by atoms with Gasteiger partial charge in [-0.05, 0) is 59.7 Å². The SMILES string of the molecule is COc1ccc(/C(=C(\Sc2ccccc2)c2ccccc2)S(=O)(=O)c2ccccc2)cc1. The maximum atomic E-state index is 14.0. The second-order valence-corrected chi connectivity index (χ2v) is 9.95. The summed E-state index contributed by atoms with van der Waals surface area (Å²) in [5, 5.41) is 0. The Morgan fingerprint density at radius 3 is 1.75 bits per heavy atom. The Balaban J connectivity index is 2.03. The zero-order valence-corrected chi connectivity index (χ0v) is 19.1. The van der Waals surface area contributed by atoms with E-state index in [0.717, 1.165) is 10.5 Å². The Morgan fingerprint density at radius 2 is 1.19 bits per heavy atom. The topological polar surface area (TPSA) is 43.4 Å². The molecule has 3 nitrogen and oxygen atoms in total. The zero-order chi connectivity index (χ0) is 22.4. The van der Waals surface area contributed by atoms with Gasteiger partial charge in [-0.2, -0.15) is 0 Å². The number of rotatable bonds is 7. The molecule has 0 heterocycles. The summed E-state index contributed by atoms with van der Waals surface area (Å²) >= 11 is 1.45. The molecule has 0 aliphatic rings. The molecule has 160 valence electrons. The van der Waals surface area contributed by atoms with Gasteiger partial charge in [0.1, 0.15) is 5.75 Å². The number of benzene rings is 4. The molecule has 0 unspecified atom stereocenters. The van der Waals surface area contributed by atoms with E-state index in [2.05, 4.69) is 0 Å². The molecule has 0 aliphatic carbocycles. The average molecular weight is 459 g/mol. The summed E-state index contributed by atoms with van der Waals surface area (Å²) in [6.07, 6.45) is 0. The van der Waals surface area contributed by atoms with Gasteiger partial charge in [-0.15, -0.1) is 0 Å². The molecule has 0 spiro atoms. The lowest BCUT2D eigenvalue weighted by Gasteiger charge is -2.17. The molecule has 4 rings (SSSR count). The lowest BCUT2D eigenvalue weighted by molar-refractivity contribution is 0.415. The smallest absolute Gasteiger partial charge is 0.208 e. The quantitative estimate of drug-likeness (QED) is 0.226. The molecule has 0 bridgehead atoms. The third-order valence-electron chi connectivity index (χ3n) is 4.88. The standard InChI is InChI=1S/C27H22O3S2/c1-30-23-19-17-22(18-20-23)27(32(28,29)25-15-9-4-10-16-25)26(21-11-5-2-6-12-21)31-24-13-7-3-8-14-24/h2-20H,1H3/b27-26+. The van der Waals surface area contributed by atoms with Crippen LogP contribution in [0.3, 0.4) is 0 Å². The van der Waals surface area contributed by atoms with Crippen LogP contribution < -0.4 is 4.74 Å². The highest BCUT2D eigenvalue weighted by atomic mass is 32.2. The van der Waals surface area contributed by atoms with Crippen molar-refractivity contribution in [3.63, 3.8) is 0 Å². The molecule has 0 saturated carbocycles. The number of hydrogen-bond acceptors (Lipinski definition) is 4. The van der Waals surface area contributed by atoms with Gasteiger partial charge in [0.25, 0.3) is 0 Å². The molecule has 0 saturated heterocycles. The van der Waals surface area contributed by atoms with Crippen LogP contribution in [0, 0.1) is 0 Å². The number of methoxy groups -OCH3 is 1.